The number of amides is 1. The second-order valence-corrected chi connectivity index (χ2v) is 15.9. The molecule has 4 heterocycles. The van der Waals surface area contributed by atoms with Crippen LogP contribution in [0.1, 0.15) is 33.2 Å². The highest BCUT2D eigenvalue weighted by molar-refractivity contribution is 7.91. The van der Waals surface area contributed by atoms with Crippen LogP contribution in [-0.4, -0.2) is 79.7 Å². The normalized spacial score (nSPS) is 19.4. The third-order valence-corrected chi connectivity index (χ3v) is 12.7. The van der Waals surface area contributed by atoms with E-state index in [4.69, 9.17) is 11.6 Å². The van der Waals surface area contributed by atoms with Crippen molar-refractivity contribution in [1.82, 2.24) is 18.5 Å². The van der Waals surface area contributed by atoms with Gasteiger partial charge in [0, 0.05) is 66.2 Å². The van der Waals surface area contributed by atoms with Gasteiger partial charge in [-0.05, 0) is 30.0 Å². The van der Waals surface area contributed by atoms with Gasteiger partial charge in [-0.25, -0.2) is 21.8 Å². The Kier molecular flexibility index (Phi) is 7.55. The molecule has 38 heavy (non-hydrogen) atoms. The molecular formula is C23H24ClN5O5S4. The van der Waals surface area contributed by atoms with Crippen LogP contribution in [0.15, 0.2) is 28.5 Å². The van der Waals surface area contributed by atoms with E-state index in [1.807, 2.05) is 0 Å². The van der Waals surface area contributed by atoms with Crippen LogP contribution in [0.2, 0.25) is 5.02 Å². The molecule has 2 aliphatic rings. The summed E-state index contributed by atoms with van der Waals surface area (Å²) < 4.78 is 54.7. The van der Waals surface area contributed by atoms with Gasteiger partial charge in [0.15, 0.2) is 5.01 Å². The average molecular weight is 614 g/mol. The molecule has 5 rings (SSSR count). The first kappa shape index (κ1) is 27.4. The Balaban J connectivity index is 1.37. The number of halogens is 1. The van der Waals surface area contributed by atoms with E-state index in [1.165, 1.54) is 19.9 Å². The van der Waals surface area contributed by atoms with E-state index in [1.54, 1.807) is 29.2 Å². The van der Waals surface area contributed by atoms with Gasteiger partial charge in [0.25, 0.3) is 15.9 Å². The summed E-state index contributed by atoms with van der Waals surface area (Å²) in [5.74, 6) is -0.327. The number of thiazole rings is 1. The number of nitrogens with zero attached hydrogens (tertiary/aromatic N) is 5. The molecule has 1 amide bonds. The van der Waals surface area contributed by atoms with Crippen LogP contribution in [0.4, 0.5) is 0 Å². The molecule has 0 saturated carbocycles. The molecule has 0 radical (unpaired) electrons. The zero-order valence-corrected chi connectivity index (χ0v) is 24.4. The molecule has 15 heteroatoms. The Morgan fingerprint density at radius 1 is 1.16 bits per heavy atom. The zero-order chi connectivity index (χ0) is 27.2. The van der Waals surface area contributed by atoms with Gasteiger partial charge in [-0.2, -0.15) is 13.9 Å². The molecule has 2 aromatic heterocycles. The van der Waals surface area contributed by atoms with Crippen molar-refractivity contribution in [2.75, 3.05) is 32.4 Å². The molecule has 2 aliphatic heterocycles. The Morgan fingerprint density at radius 2 is 1.95 bits per heavy atom. The fraction of sp³-hybridized carbons (Fsp3) is 0.435. The molecule has 0 aliphatic carbocycles. The molecule has 0 bridgehead atoms. The number of hydrogen-bond acceptors (Lipinski definition) is 9. The second kappa shape index (κ2) is 10.5. The lowest BCUT2D eigenvalue weighted by Gasteiger charge is -2.40. The molecule has 0 spiro atoms. The molecule has 0 N–H and O–H groups in total. The van der Waals surface area contributed by atoms with E-state index in [9.17, 15) is 26.9 Å². The number of benzene rings is 1. The van der Waals surface area contributed by atoms with Gasteiger partial charge < -0.3 is 4.90 Å². The molecule has 202 valence electrons. The van der Waals surface area contributed by atoms with Crippen LogP contribution in [0.3, 0.4) is 0 Å². The summed E-state index contributed by atoms with van der Waals surface area (Å²) >= 11 is 8.39. The number of piperazine rings is 1. The maximum atomic E-state index is 13.5. The minimum atomic E-state index is -3.82. The summed E-state index contributed by atoms with van der Waals surface area (Å²) in [5.41, 5.74) is 0.720. The van der Waals surface area contributed by atoms with Crippen molar-refractivity contribution in [1.29, 1.82) is 5.26 Å². The van der Waals surface area contributed by atoms with Gasteiger partial charge in [0.05, 0.1) is 18.0 Å². The second-order valence-electron chi connectivity index (χ2n) is 9.20. The fourth-order valence-electron chi connectivity index (χ4n) is 4.70. The lowest BCUT2D eigenvalue weighted by Crippen LogP contribution is -2.56. The van der Waals surface area contributed by atoms with Crippen LogP contribution in [0, 0.1) is 11.3 Å². The van der Waals surface area contributed by atoms with E-state index in [2.05, 4.69) is 11.1 Å². The largest absolute Gasteiger partial charge is 0.331 e. The van der Waals surface area contributed by atoms with Gasteiger partial charge in [-0.15, -0.1) is 22.7 Å². The topological polar surface area (TPSA) is 132 Å². The van der Waals surface area contributed by atoms with E-state index in [0.717, 1.165) is 38.2 Å². The first-order chi connectivity index (χ1) is 18.0. The van der Waals surface area contributed by atoms with Gasteiger partial charge in [0.1, 0.15) is 4.21 Å². The monoisotopic (exact) mass is 613 g/mol. The maximum Gasteiger partial charge on any atom is 0.283 e. The summed E-state index contributed by atoms with van der Waals surface area (Å²) in [6.45, 7) is 0.833. The van der Waals surface area contributed by atoms with Crippen LogP contribution >= 0.6 is 34.3 Å². The predicted octanol–water partition coefficient (Wildman–Crippen LogP) is 3.15. The molecule has 1 atom stereocenters. The van der Waals surface area contributed by atoms with Crippen LogP contribution in [0.5, 0.6) is 0 Å². The van der Waals surface area contributed by atoms with Gasteiger partial charge in [-0.3, -0.25) is 4.79 Å². The van der Waals surface area contributed by atoms with Crippen molar-refractivity contribution >= 4 is 70.3 Å². The number of nitriles is 1. The predicted molar refractivity (Wildman–Crippen MR) is 146 cm³/mol. The number of carbonyl (C=O) groups is 1. The Bertz CT molecular complexity index is 1660. The van der Waals surface area contributed by atoms with E-state index in [0.29, 0.717) is 24.4 Å². The first-order valence-corrected chi connectivity index (χ1v) is 17.1. The fourth-order valence-corrected chi connectivity index (χ4v) is 9.94. The summed E-state index contributed by atoms with van der Waals surface area (Å²) in [6.07, 6.45) is 2.08. The Labute approximate surface area is 234 Å². The first-order valence-electron chi connectivity index (χ1n) is 11.8. The zero-order valence-electron chi connectivity index (χ0n) is 20.3. The van der Waals surface area contributed by atoms with Gasteiger partial charge in [-0.1, -0.05) is 17.7 Å². The van der Waals surface area contributed by atoms with Crippen molar-refractivity contribution in [2.45, 2.75) is 36.1 Å². The van der Waals surface area contributed by atoms with Crippen molar-refractivity contribution in [3.63, 3.8) is 0 Å². The summed E-state index contributed by atoms with van der Waals surface area (Å²) in [5, 5.41) is 10.8. The number of rotatable bonds is 6. The quantitative estimate of drug-likeness (QED) is 0.417. The summed E-state index contributed by atoms with van der Waals surface area (Å²) in [6, 6.07) is 8.45. The highest BCUT2D eigenvalue weighted by Gasteiger charge is 2.38. The van der Waals surface area contributed by atoms with Crippen molar-refractivity contribution in [3.05, 3.63) is 44.9 Å². The number of thiophene rings is 1. The van der Waals surface area contributed by atoms with Crippen molar-refractivity contribution in [2.24, 2.45) is 0 Å². The van der Waals surface area contributed by atoms with Gasteiger partial charge >= 0.3 is 0 Å². The number of hydrogen-bond donors (Lipinski definition) is 0. The molecule has 3 aromatic rings. The van der Waals surface area contributed by atoms with Crippen LogP contribution in [-0.2, 0) is 33.0 Å². The molecular weight excluding hydrogens is 590 g/mol. The third kappa shape index (κ3) is 5.33. The van der Waals surface area contributed by atoms with Crippen molar-refractivity contribution in [3.8, 4) is 6.07 Å². The summed E-state index contributed by atoms with van der Waals surface area (Å²) in [4.78, 5) is 20.4. The van der Waals surface area contributed by atoms with Gasteiger partial charge in [0.2, 0.25) is 10.0 Å². The smallest absolute Gasteiger partial charge is 0.283 e. The van der Waals surface area contributed by atoms with E-state index < -0.39 is 26.1 Å². The van der Waals surface area contributed by atoms with Crippen LogP contribution in [0.25, 0.3) is 10.1 Å². The number of fused-ring (bicyclic) bond motifs is 2. The highest BCUT2D eigenvalue weighted by Crippen LogP contribution is 2.34. The summed E-state index contributed by atoms with van der Waals surface area (Å²) in [7, 11) is -7.17. The molecule has 1 fully saturated rings. The van der Waals surface area contributed by atoms with E-state index >= 15 is 0 Å². The molecule has 10 nitrogen and oxygen atoms in total. The average Bonchev–Trinajstić information content (AvgIpc) is 3.50. The number of aromatic nitrogens is 1. The highest BCUT2D eigenvalue weighted by atomic mass is 35.5. The Morgan fingerprint density at radius 3 is 2.68 bits per heavy atom. The lowest BCUT2D eigenvalue weighted by atomic mass is 10.1. The minimum absolute atomic E-state index is 0.0672. The van der Waals surface area contributed by atoms with Crippen molar-refractivity contribution < 1.29 is 21.6 Å². The molecule has 1 aromatic carbocycles. The minimum Gasteiger partial charge on any atom is -0.331 e. The number of carbonyl (C=O) groups excluding carboxylic acids is 1. The Hall–Kier alpha value is -2.12. The number of sulfonamides is 2. The molecule has 1 unspecified atom stereocenters. The maximum absolute atomic E-state index is 13.5. The lowest BCUT2D eigenvalue weighted by molar-refractivity contribution is 0.0552. The standard InChI is InChI=1S/C23H24ClN5O5S4/c1-37(31,32)27-8-6-18-20(14-27)36-22(26-18)23(30)29-10-9-28(13-17(29)3-2-7-25)38(33,34)21-11-15-4-5-16(24)12-19(15)35-21/h4-5,11-12,17H,2-3,6,8-10,13-14H2,1H3. The van der Waals surface area contributed by atoms with Crippen LogP contribution < -0.4 is 0 Å². The SMILES string of the molecule is CS(=O)(=O)N1CCc2nc(C(=O)N3CCN(S(=O)(=O)c4cc5ccc(Cl)cc5s4)CC3CCC#N)sc2C1. The molecule has 1 saturated heterocycles. The van der Waals surface area contributed by atoms with E-state index in [-0.39, 0.29) is 47.7 Å². The third-order valence-electron chi connectivity index (χ3n) is 6.70.